The number of nitrogens with one attached hydrogen (secondary N) is 1. The Morgan fingerprint density at radius 2 is 1.76 bits per heavy atom. The zero-order chi connectivity index (χ0) is 14.2. The van der Waals surface area contributed by atoms with Crippen LogP contribution in [0.5, 0.6) is 0 Å². The Bertz CT molecular complexity index is 737. The molecule has 0 atom stereocenters. The van der Waals surface area contributed by atoms with Crippen molar-refractivity contribution in [1.82, 2.24) is 4.72 Å². The quantitative estimate of drug-likeness (QED) is 0.906. The molecule has 0 aromatic heterocycles. The zero-order valence-electron chi connectivity index (χ0n) is 11.6. The minimum absolute atomic E-state index is 0. The van der Waals surface area contributed by atoms with Crippen molar-refractivity contribution < 1.29 is 8.42 Å². The summed E-state index contributed by atoms with van der Waals surface area (Å²) in [4.78, 5) is 0.318. The second-order valence-corrected chi connectivity index (χ2v) is 7.25. The maximum absolute atomic E-state index is 12.5. The highest BCUT2D eigenvalue weighted by Crippen LogP contribution is 2.29. The van der Waals surface area contributed by atoms with Crippen molar-refractivity contribution in [3.63, 3.8) is 0 Å². The van der Waals surface area contributed by atoms with E-state index < -0.39 is 10.0 Å². The molecule has 6 heteroatoms. The van der Waals surface area contributed by atoms with E-state index in [-0.39, 0.29) is 17.9 Å². The van der Waals surface area contributed by atoms with E-state index in [2.05, 4.69) is 4.72 Å². The van der Waals surface area contributed by atoms with Gasteiger partial charge in [0.1, 0.15) is 0 Å². The molecule has 3 rings (SSSR count). The first-order valence-corrected chi connectivity index (χ1v) is 8.25. The molecule has 0 heterocycles. The fraction of sp³-hybridized carbons (Fsp3) is 0.333. The van der Waals surface area contributed by atoms with Gasteiger partial charge in [0.15, 0.2) is 0 Å². The van der Waals surface area contributed by atoms with Gasteiger partial charge >= 0.3 is 0 Å². The summed E-state index contributed by atoms with van der Waals surface area (Å²) in [5.74, 6) is 0. The first-order valence-electron chi connectivity index (χ1n) is 6.77. The lowest BCUT2D eigenvalue weighted by molar-refractivity contribution is 0.251. The third-order valence-corrected chi connectivity index (χ3v) is 5.46. The van der Waals surface area contributed by atoms with Gasteiger partial charge in [-0.1, -0.05) is 36.4 Å². The molecule has 0 bridgehead atoms. The van der Waals surface area contributed by atoms with Crippen LogP contribution in [-0.2, 0) is 10.0 Å². The highest BCUT2D eigenvalue weighted by atomic mass is 35.5. The van der Waals surface area contributed by atoms with Crippen LogP contribution in [0.4, 0.5) is 0 Å². The minimum atomic E-state index is -3.53. The van der Waals surface area contributed by atoms with Crippen LogP contribution in [0.25, 0.3) is 10.8 Å². The first kappa shape index (κ1) is 16.2. The van der Waals surface area contributed by atoms with Gasteiger partial charge in [0, 0.05) is 17.5 Å². The lowest BCUT2D eigenvalue weighted by Gasteiger charge is -2.38. The molecule has 2 aromatic rings. The predicted octanol–water partition coefficient (Wildman–Crippen LogP) is 2.42. The van der Waals surface area contributed by atoms with Crippen molar-refractivity contribution in [3.05, 3.63) is 42.5 Å². The molecule has 0 amide bonds. The molecular weight excluding hydrogens is 308 g/mol. The molecule has 1 aliphatic rings. The Balaban J connectivity index is 0.00000161. The van der Waals surface area contributed by atoms with Gasteiger partial charge in [-0.05, 0) is 30.7 Å². The summed E-state index contributed by atoms with van der Waals surface area (Å²) in [6.07, 6.45) is 2.84. The fourth-order valence-electron chi connectivity index (χ4n) is 2.55. The van der Waals surface area contributed by atoms with E-state index in [0.717, 1.165) is 30.0 Å². The Morgan fingerprint density at radius 3 is 2.43 bits per heavy atom. The van der Waals surface area contributed by atoms with Crippen molar-refractivity contribution in [2.75, 3.05) is 6.54 Å². The largest absolute Gasteiger partial charge is 0.324 e. The van der Waals surface area contributed by atoms with Gasteiger partial charge in [0.05, 0.1) is 4.90 Å². The van der Waals surface area contributed by atoms with E-state index >= 15 is 0 Å². The molecule has 0 unspecified atom stereocenters. The molecule has 1 saturated carbocycles. The van der Waals surface area contributed by atoms with Crippen molar-refractivity contribution in [2.45, 2.75) is 29.7 Å². The number of hydrogen-bond acceptors (Lipinski definition) is 3. The number of benzene rings is 2. The van der Waals surface area contributed by atoms with Crippen LogP contribution in [-0.4, -0.2) is 20.5 Å². The predicted molar refractivity (Wildman–Crippen MR) is 87.2 cm³/mol. The van der Waals surface area contributed by atoms with Crippen molar-refractivity contribution in [3.8, 4) is 0 Å². The molecule has 114 valence electrons. The van der Waals surface area contributed by atoms with E-state index in [4.69, 9.17) is 5.73 Å². The number of sulfonamides is 1. The Labute approximate surface area is 131 Å². The summed E-state index contributed by atoms with van der Waals surface area (Å²) in [6, 6.07) is 12.8. The lowest BCUT2D eigenvalue weighted by Crippen LogP contribution is -2.54. The minimum Gasteiger partial charge on any atom is -0.324 e. The topological polar surface area (TPSA) is 72.2 Å². The average molecular weight is 327 g/mol. The van der Waals surface area contributed by atoms with Crippen LogP contribution < -0.4 is 10.5 Å². The average Bonchev–Trinajstić information content (AvgIpc) is 2.42. The number of halogens is 1. The van der Waals surface area contributed by atoms with E-state index in [1.165, 1.54) is 0 Å². The molecule has 0 spiro atoms. The molecule has 3 N–H and O–H groups in total. The summed E-state index contributed by atoms with van der Waals surface area (Å²) in [5, 5.41) is 1.66. The first-order chi connectivity index (χ1) is 9.50. The van der Waals surface area contributed by atoms with Gasteiger partial charge in [0.25, 0.3) is 0 Å². The third kappa shape index (κ3) is 3.21. The van der Waals surface area contributed by atoms with Crippen LogP contribution in [0.1, 0.15) is 19.3 Å². The summed E-state index contributed by atoms with van der Waals surface area (Å²) in [7, 11) is -3.53. The Morgan fingerprint density at radius 1 is 1.10 bits per heavy atom. The monoisotopic (exact) mass is 326 g/mol. The molecule has 2 aromatic carbocycles. The highest BCUT2D eigenvalue weighted by Gasteiger charge is 2.33. The van der Waals surface area contributed by atoms with Gasteiger partial charge in [-0.3, -0.25) is 0 Å². The second-order valence-electron chi connectivity index (χ2n) is 5.52. The van der Waals surface area contributed by atoms with Crippen LogP contribution in [0.15, 0.2) is 47.4 Å². The van der Waals surface area contributed by atoms with Gasteiger partial charge in [0.2, 0.25) is 10.0 Å². The van der Waals surface area contributed by atoms with Gasteiger partial charge in [-0.15, -0.1) is 12.4 Å². The molecule has 21 heavy (non-hydrogen) atoms. The van der Waals surface area contributed by atoms with Gasteiger partial charge < -0.3 is 5.73 Å². The molecule has 1 fully saturated rings. The van der Waals surface area contributed by atoms with Crippen LogP contribution >= 0.6 is 12.4 Å². The molecule has 0 aliphatic heterocycles. The molecular formula is C15H19ClN2O2S. The van der Waals surface area contributed by atoms with Gasteiger partial charge in [-0.2, -0.15) is 0 Å². The van der Waals surface area contributed by atoms with Crippen LogP contribution in [0.3, 0.4) is 0 Å². The number of nitrogens with two attached hydrogens (primary N) is 1. The van der Waals surface area contributed by atoms with Crippen molar-refractivity contribution in [2.24, 2.45) is 5.73 Å². The smallest absolute Gasteiger partial charge is 0.241 e. The maximum Gasteiger partial charge on any atom is 0.241 e. The van der Waals surface area contributed by atoms with E-state index in [1.54, 1.807) is 12.1 Å². The van der Waals surface area contributed by atoms with Gasteiger partial charge in [-0.25, -0.2) is 13.1 Å². The summed E-state index contributed by atoms with van der Waals surface area (Å²) >= 11 is 0. The third-order valence-electron chi connectivity index (χ3n) is 4.00. The molecule has 1 aliphatic carbocycles. The Kier molecular flexibility index (Phi) is 4.58. The number of hydrogen-bond donors (Lipinski definition) is 2. The maximum atomic E-state index is 12.5. The van der Waals surface area contributed by atoms with Crippen molar-refractivity contribution in [1.29, 1.82) is 0 Å². The lowest BCUT2D eigenvalue weighted by atomic mass is 9.78. The zero-order valence-corrected chi connectivity index (χ0v) is 13.2. The summed E-state index contributed by atoms with van der Waals surface area (Å²) in [6.45, 7) is 0.304. The molecule has 4 nitrogen and oxygen atoms in total. The van der Waals surface area contributed by atoms with Crippen LogP contribution in [0.2, 0.25) is 0 Å². The summed E-state index contributed by atoms with van der Waals surface area (Å²) < 4.78 is 27.6. The standard InChI is InChI=1S/C15H18N2O2S.ClH/c16-15(9-4-10-15)11-17-20(18,19)14-8-3-6-12-5-1-2-7-13(12)14;/h1-3,5-8,17H,4,9-11,16H2;1H. The van der Waals surface area contributed by atoms with Crippen molar-refractivity contribution >= 4 is 33.2 Å². The van der Waals surface area contributed by atoms with Crippen LogP contribution in [0, 0.1) is 0 Å². The number of rotatable bonds is 4. The summed E-state index contributed by atoms with van der Waals surface area (Å²) in [5.41, 5.74) is 5.71. The molecule has 0 saturated heterocycles. The fourth-order valence-corrected chi connectivity index (χ4v) is 3.92. The second kappa shape index (κ2) is 5.93. The van der Waals surface area contributed by atoms with E-state index in [1.807, 2.05) is 30.3 Å². The van der Waals surface area contributed by atoms with E-state index in [0.29, 0.717) is 11.4 Å². The normalized spacial score (nSPS) is 17.0. The van der Waals surface area contributed by atoms with E-state index in [9.17, 15) is 8.42 Å². The Hall–Kier alpha value is -1.14. The number of fused-ring (bicyclic) bond motifs is 1. The molecule has 0 radical (unpaired) electrons. The SMILES string of the molecule is Cl.NC1(CNS(=O)(=O)c2cccc3ccccc23)CCC1. The highest BCUT2D eigenvalue weighted by molar-refractivity contribution is 7.89.